The smallest absolute Gasteiger partial charge is 0.417 e. The topological polar surface area (TPSA) is 65.2 Å². The first-order chi connectivity index (χ1) is 9.32. The van der Waals surface area contributed by atoms with Gasteiger partial charge in [0.2, 0.25) is 5.89 Å². The maximum absolute atomic E-state index is 12.9. The van der Waals surface area contributed by atoms with E-state index in [0.717, 1.165) is 13.2 Å². The standard InChI is InChI=1S/C11H6BrF3N2O3/c1-19-10(18)9-17-16-8(20-9)6-3-2-5(12)4-7(6)11(13,14)15/h2-4H,1H3. The summed E-state index contributed by atoms with van der Waals surface area (Å²) in [5.74, 6) is -1.85. The molecule has 0 aliphatic rings. The van der Waals surface area contributed by atoms with E-state index >= 15 is 0 Å². The highest BCUT2D eigenvalue weighted by Gasteiger charge is 2.35. The molecule has 0 aliphatic heterocycles. The van der Waals surface area contributed by atoms with Gasteiger partial charge in [-0.1, -0.05) is 15.9 Å². The minimum atomic E-state index is -4.60. The molecule has 0 aliphatic carbocycles. The average molecular weight is 351 g/mol. The van der Waals surface area contributed by atoms with Gasteiger partial charge in [-0.2, -0.15) is 13.2 Å². The van der Waals surface area contributed by atoms with E-state index in [-0.39, 0.29) is 10.0 Å². The van der Waals surface area contributed by atoms with Crippen molar-refractivity contribution in [1.82, 2.24) is 10.2 Å². The van der Waals surface area contributed by atoms with Gasteiger partial charge in [-0.3, -0.25) is 0 Å². The van der Waals surface area contributed by atoms with Crippen molar-refractivity contribution >= 4 is 21.9 Å². The van der Waals surface area contributed by atoms with Crippen LogP contribution < -0.4 is 0 Å². The number of carbonyl (C=O) groups is 1. The van der Waals surface area contributed by atoms with Crippen molar-refractivity contribution in [2.24, 2.45) is 0 Å². The summed E-state index contributed by atoms with van der Waals surface area (Å²) in [4.78, 5) is 11.1. The lowest BCUT2D eigenvalue weighted by atomic mass is 10.1. The molecule has 106 valence electrons. The molecule has 0 bridgehead atoms. The number of ether oxygens (including phenoxy) is 1. The van der Waals surface area contributed by atoms with E-state index in [1.165, 1.54) is 12.1 Å². The van der Waals surface area contributed by atoms with Crippen LogP contribution in [-0.2, 0) is 10.9 Å². The van der Waals surface area contributed by atoms with Crippen LogP contribution in [0.2, 0.25) is 0 Å². The van der Waals surface area contributed by atoms with Crippen LogP contribution in [0.4, 0.5) is 13.2 Å². The van der Waals surface area contributed by atoms with Gasteiger partial charge in [0.25, 0.3) is 0 Å². The fraction of sp³-hybridized carbons (Fsp3) is 0.182. The van der Waals surface area contributed by atoms with E-state index in [1.807, 2.05) is 0 Å². The van der Waals surface area contributed by atoms with Crippen LogP contribution in [0.15, 0.2) is 27.1 Å². The lowest BCUT2D eigenvalue weighted by molar-refractivity contribution is -0.137. The van der Waals surface area contributed by atoms with E-state index in [4.69, 9.17) is 4.42 Å². The molecule has 2 aromatic rings. The van der Waals surface area contributed by atoms with Crippen LogP contribution in [-0.4, -0.2) is 23.3 Å². The van der Waals surface area contributed by atoms with Gasteiger partial charge in [0.1, 0.15) is 0 Å². The van der Waals surface area contributed by atoms with Crippen LogP contribution >= 0.6 is 15.9 Å². The number of rotatable bonds is 2. The monoisotopic (exact) mass is 350 g/mol. The molecule has 0 spiro atoms. The number of alkyl halides is 3. The zero-order valence-electron chi connectivity index (χ0n) is 9.86. The van der Waals surface area contributed by atoms with Crippen molar-refractivity contribution in [3.8, 4) is 11.5 Å². The van der Waals surface area contributed by atoms with Crippen molar-refractivity contribution in [2.75, 3.05) is 7.11 Å². The van der Waals surface area contributed by atoms with E-state index < -0.39 is 29.5 Å². The van der Waals surface area contributed by atoms with E-state index in [1.54, 1.807) is 0 Å². The van der Waals surface area contributed by atoms with Crippen LogP contribution in [0.3, 0.4) is 0 Å². The molecule has 20 heavy (non-hydrogen) atoms. The number of methoxy groups -OCH3 is 1. The summed E-state index contributed by atoms with van der Waals surface area (Å²) in [5.41, 5.74) is -1.27. The molecule has 0 N–H and O–H groups in total. The van der Waals surface area contributed by atoms with Crippen molar-refractivity contribution in [3.63, 3.8) is 0 Å². The average Bonchev–Trinajstić information content (AvgIpc) is 2.86. The first-order valence-corrected chi connectivity index (χ1v) is 5.91. The van der Waals surface area contributed by atoms with Crippen LogP contribution in [0.5, 0.6) is 0 Å². The van der Waals surface area contributed by atoms with Gasteiger partial charge < -0.3 is 9.15 Å². The third kappa shape index (κ3) is 2.82. The molecule has 0 atom stereocenters. The predicted molar refractivity (Wildman–Crippen MR) is 63.8 cm³/mol. The molecule has 0 radical (unpaired) electrons. The molecular formula is C11H6BrF3N2O3. The Kier molecular flexibility index (Phi) is 3.80. The van der Waals surface area contributed by atoms with Gasteiger partial charge >= 0.3 is 18.0 Å². The highest BCUT2D eigenvalue weighted by molar-refractivity contribution is 9.10. The number of nitrogens with zero attached hydrogens (tertiary/aromatic N) is 2. The molecule has 2 rings (SSSR count). The van der Waals surface area contributed by atoms with Crippen molar-refractivity contribution in [2.45, 2.75) is 6.18 Å². The van der Waals surface area contributed by atoms with Crippen molar-refractivity contribution in [3.05, 3.63) is 34.1 Å². The van der Waals surface area contributed by atoms with Gasteiger partial charge in [-0.05, 0) is 18.2 Å². The summed E-state index contributed by atoms with van der Waals surface area (Å²) in [6.45, 7) is 0. The van der Waals surface area contributed by atoms with Crippen molar-refractivity contribution < 1.29 is 27.1 Å². The van der Waals surface area contributed by atoms with Crippen molar-refractivity contribution in [1.29, 1.82) is 0 Å². The Morgan fingerprint density at radius 2 is 2.05 bits per heavy atom. The van der Waals surface area contributed by atoms with Gasteiger partial charge in [0, 0.05) is 4.47 Å². The molecule has 1 aromatic carbocycles. The Bertz CT molecular complexity index is 655. The molecular weight excluding hydrogens is 345 g/mol. The third-order valence-corrected chi connectivity index (χ3v) is 2.80. The van der Waals surface area contributed by atoms with Gasteiger partial charge in [0.05, 0.1) is 18.2 Å². The summed E-state index contributed by atoms with van der Waals surface area (Å²) in [6.07, 6.45) is -4.60. The van der Waals surface area contributed by atoms with E-state index in [9.17, 15) is 18.0 Å². The Hall–Kier alpha value is -1.90. The largest absolute Gasteiger partial charge is 0.462 e. The number of carbonyl (C=O) groups excluding carboxylic acids is 1. The molecule has 9 heteroatoms. The summed E-state index contributed by atoms with van der Waals surface area (Å²) < 4.78 is 48.3. The van der Waals surface area contributed by atoms with Gasteiger partial charge in [-0.25, -0.2) is 4.79 Å². The number of hydrogen-bond donors (Lipinski definition) is 0. The normalized spacial score (nSPS) is 11.4. The van der Waals surface area contributed by atoms with Gasteiger partial charge in [0.15, 0.2) is 0 Å². The molecule has 1 aromatic heterocycles. The minimum absolute atomic E-state index is 0.251. The zero-order chi connectivity index (χ0) is 14.9. The molecule has 5 nitrogen and oxygen atoms in total. The molecule has 0 amide bonds. The molecule has 0 saturated heterocycles. The lowest BCUT2D eigenvalue weighted by Crippen LogP contribution is -2.07. The van der Waals surface area contributed by atoms with E-state index in [2.05, 4.69) is 30.9 Å². The second-order valence-electron chi connectivity index (χ2n) is 3.59. The van der Waals surface area contributed by atoms with Crippen LogP contribution in [0, 0.1) is 0 Å². The summed E-state index contributed by atoms with van der Waals surface area (Å²) in [6, 6.07) is 3.45. The summed E-state index contributed by atoms with van der Waals surface area (Å²) in [5, 5.41) is 6.77. The quantitative estimate of drug-likeness (QED) is 0.777. The fourth-order valence-electron chi connectivity index (χ4n) is 1.44. The minimum Gasteiger partial charge on any atom is -0.462 e. The molecule has 1 heterocycles. The molecule has 0 unspecified atom stereocenters. The van der Waals surface area contributed by atoms with Crippen LogP contribution in [0.25, 0.3) is 11.5 Å². The highest BCUT2D eigenvalue weighted by atomic mass is 79.9. The van der Waals surface area contributed by atoms with Gasteiger partial charge in [-0.15, -0.1) is 10.2 Å². The fourth-order valence-corrected chi connectivity index (χ4v) is 1.80. The lowest BCUT2D eigenvalue weighted by Gasteiger charge is -2.10. The number of halogens is 4. The molecule has 0 fully saturated rings. The Balaban J connectivity index is 2.53. The first-order valence-electron chi connectivity index (χ1n) is 5.12. The Morgan fingerprint density at radius 3 is 2.65 bits per heavy atom. The second-order valence-corrected chi connectivity index (χ2v) is 4.51. The highest BCUT2D eigenvalue weighted by Crippen LogP contribution is 2.38. The summed E-state index contributed by atoms with van der Waals surface area (Å²) >= 11 is 2.96. The third-order valence-electron chi connectivity index (χ3n) is 2.30. The maximum atomic E-state index is 12.9. The Morgan fingerprint density at radius 1 is 1.35 bits per heavy atom. The Labute approximate surface area is 118 Å². The first kappa shape index (κ1) is 14.5. The SMILES string of the molecule is COC(=O)c1nnc(-c2ccc(Br)cc2C(F)(F)F)o1. The van der Waals surface area contributed by atoms with E-state index in [0.29, 0.717) is 0 Å². The molecule has 0 saturated carbocycles. The summed E-state index contributed by atoms with van der Waals surface area (Å²) in [7, 11) is 1.09. The van der Waals surface area contributed by atoms with Crippen LogP contribution in [0.1, 0.15) is 16.2 Å². The second kappa shape index (κ2) is 5.23. The number of esters is 1. The predicted octanol–water partition coefficient (Wildman–Crippen LogP) is 3.30. The number of hydrogen-bond acceptors (Lipinski definition) is 5. The zero-order valence-corrected chi connectivity index (χ0v) is 11.4. The number of aromatic nitrogens is 2. The number of benzene rings is 1. The maximum Gasteiger partial charge on any atom is 0.417 e.